The fourth-order valence-electron chi connectivity index (χ4n) is 3.92. The number of amides is 2. The van der Waals surface area contributed by atoms with Crippen LogP contribution in [0, 0.1) is 5.41 Å². The Kier molecular flexibility index (Phi) is 7.40. The van der Waals surface area contributed by atoms with Crippen molar-refractivity contribution in [2.75, 3.05) is 19.5 Å². The molecule has 2 aliphatic heterocycles. The van der Waals surface area contributed by atoms with Crippen molar-refractivity contribution in [3.8, 4) is 11.5 Å². The fraction of sp³-hybridized carbons (Fsp3) is 0.619. The minimum atomic E-state index is -0.588. The molecule has 2 heterocycles. The van der Waals surface area contributed by atoms with E-state index in [9.17, 15) is 9.59 Å². The summed E-state index contributed by atoms with van der Waals surface area (Å²) in [7, 11) is 3.05. The summed E-state index contributed by atoms with van der Waals surface area (Å²) in [5.41, 5.74) is 0.211. The van der Waals surface area contributed by atoms with E-state index in [2.05, 4.69) is 16.0 Å². The van der Waals surface area contributed by atoms with Crippen LogP contribution in [-0.2, 0) is 4.79 Å². The van der Waals surface area contributed by atoms with E-state index >= 15 is 0 Å². The van der Waals surface area contributed by atoms with E-state index in [1.54, 1.807) is 12.1 Å². The Morgan fingerprint density at radius 2 is 1.59 bits per heavy atom. The summed E-state index contributed by atoms with van der Waals surface area (Å²) in [6.45, 7) is 5.48. The Labute approximate surface area is 178 Å². The molecule has 2 fully saturated rings. The summed E-state index contributed by atoms with van der Waals surface area (Å²) in [4.78, 5) is 25.6. The van der Waals surface area contributed by atoms with Gasteiger partial charge in [0.2, 0.25) is 5.91 Å². The largest absolute Gasteiger partial charge is 0.493 e. The highest BCUT2D eigenvalue weighted by Crippen LogP contribution is 2.35. The van der Waals surface area contributed by atoms with Gasteiger partial charge >= 0.3 is 0 Å². The number of halogens is 1. The molecule has 3 rings (SSSR count). The van der Waals surface area contributed by atoms with Crippen molar-refractivity contribution >= 4 is 29.9 Å². The van der Waals surface area contributed by atoms with Gasteiger partial charge in [-0.3, -0.25) is 9.59 Å². The topological polar surface area (TPSA) is 88.7 Å². The highest BCUT2D eigenvalue weighted by Gasteiger charge is 2.34. The predicted molar refractivity (Wildman–Crippen MR) is 115 cm³/mol. The van der Waals surface area contributed by atoms with Crippen molar-refractivity contribution in [2.24, 2.45) is 5.41 Å². The molecule has 0 aliphatic carbocycles. The monoisotopic (exact) mass is 425 g/mol. The van der Waals surface area contributed by atoms with Crippen molar-refractivity contribution in [2.45, 2.75) is 64.6 Å². The van der Waals surface area contributed by atoms with Gasteiger partial charge in [0.15, 0.2) is 11.5 Å². The van der Waals surface area contributed by atoms with Crippen LogP contribution in [0.5, 0.6) is 11.5 Å². The van der Waals surface area contributed by atoms with Gasteiger partial charge in [-0.05, 0) is 31.7 Å². The molecule has 29 heavy (non-hydrogen) atoms. The van der Waals surface area contributed by atoms with Crippen LogP contribution < -0.4 is 25.4 Å². The van der Waals surface area contributed by atoms with Crippen LogP contribution in [0.2, 0.25) is 0 Å². The molecule has 2 aliphatic rings. The first kappa shape index (κ1) is 23.3. The van der Waals surface area contributed by atoms with Crippen LogP contribution >= 0.6 is 12.4 Å². The summed E-state index contributed by atoms with van der Waals surface area (Å²) in [6, 6.07) is 4.36. The zero-order valence-corrected chi connectivity index (χ0v) is 18.6. The number of ether oxygens (including phenoxy) is 2. The van der Waals surface area contributed by atoms with Crippen molar-refractivity contribution in [3.05, 3.63) is 17.7 Å². The molecule has 8 heteroatoms. The Bertz CT molecular complexity index is 751. The van der Waals surface area contributed by atoms with E-state index < -0.39 is 5.41 Å². The van der Waals surface area contributed by atoms with E-state index in [0.29, 0.717) is 34.8 Å². The molecule has 3 N–H and O–H groups in total. The van der Waals surface area contributed by atoms with Crippen LogP contribution in [0.4, 0.5) is 5.69 Å². The molecule has 1 aromatic carbocycles. The lowest BCUT2D eigenvalue weighted by Crippen LogP contribution is -2.48. The summed E-state index contributed by atoms with van der Waals surface area (Å²) < 4.78 is 10.7. The zero-order chi connectivity index (χ0) is 20.5. The van der Waals surface area contributed by atoms with E-state index in [4.69, 9.17) is 9.47 Å². The third-order valence-corrected chi connectivity index (χ3v) is 5.51. The number of rotatable bonds is 5. The number of methoxy groups -OCH3 is 2. The van der Waals surface area contributed by atoms with Crippen molar-refractivity contribution in [3.63, 3.8) is 0 Å². The number of anilines is 1. The van der Waals surface area contributed by atoms with Gasteiger partial charge in [0.1, 0.15) is 0 Å². The number of carbonyl (C=O) groups is 2. The molecular formula is C21H32ClN3O4. The number of hydrogen-bond acceptors (Lipinski definition) is 5. The van der Waals surface area contributed by atoms with Gasteiger partial charge in [0.05, 0.1) is 25.5 Å². The Morgan fingerprint density at radius 1 is 1.03 bits per heavy atom. The van der Waals surface area contributed by atoms with Gasteiger partial charge in [0, 0.05) is 29.6 Å². The average Bonchev–Trinajstić information content (AvgIpc) is 2.98. The van der Waals surface area contributed by atoms with E-state index in [-0.39, 0.29) is 30.3 Å². The number of nitrogens with one attached hydrogen (secondary N) is 3. The van der Waals surface area contributed by atoms with Gasteiger partial charge in [-0.1, -0.05) is 20.8 Å². The fourth-order valence-corrected chi connectivity index (χ4v) is 3.92. The van der Waals surface area contributed by atoms with Crippen LogP contribution in [0.15, 0.2) is 12.1 Å². The first-order valence-corrected chi connectivity index (χ1v) is 9.85. The molecule has 0 radical (unpaired) electrons. The first-order valence-electron chi connectivity index (χ1n) is 9.85. The van der Waals surface area contributed by atoms with Gasteiger partial charge in [0.25, 0.3) is 5.91 Å². The Morgan fingerprint density at radius 3 is 2.10 bits per heavy atom. The minimum Gasteiger partial charge on any atom is -0.493 e. The molecule has 2 amide bonds. The third kappa shape index (κ3) is 5.34. The molecule has 1 aromatic rings. The highest BCUT2D eigenvalue weighted by molar-refractivity contribution is 6.05. The maximum absolute atomic E-state index is 13.1. The van der Waals surface area contributed by atoms with E-state index in [0.717, 1.165) is 12.8 Å². The highest BCUT2D eigenvalue weighted by atomic mass is 35.5. The van der Waals surface area contributed by atoms with Crippen LogP contribution in [0.3, 0.4) is 0 Å². The molecule has 0 aromatic heterocycles. The van der Waals surface area contributed by atoms with E-state index in [1.165, 1.54) is 27.1 Å². The second kappa shape index (κ2) is 9.22. The summed E-state index contributed by atoms with van der Waals surface area (Å²) >= 11 is 0. The van der Waals surface area contributed by atoms with Crippen LogP contribution in [0.25, 0.3) is 0 Å². The molecule has 2 saturated heterocycles. The molecule has 2 bridgehead atoms. The van der Waals surface area contributed by atoms with E-state index in [1.807, 2.05) is 20.8 Å². The number of piperidine rings is 1. The van der Waals surface area contributed by atoms with Gasteiger partial charge < -0.3 is 25.4 Å². The molecular weight excluding hydrogens is 394 g/mol. The lowest BCUT2D eigenvalue weighted by atomic mass is 9.95. The Hall–Kier alpha value is -1.99. The van der Waals surface area contributed by atoms with Crippen LogP contribution in [-0.4, -0.2) is 44.2 Å². The second-order valence-electron chi connectivity index (χ2n) is 8.74. The predicted octanol–water partition coefficient (Wildman–Crippen LogP) is 3.12. The summed E-state index contributed by atoms with van der Waals surface area (Å²) in [5.74, 6) is 0.528. The average molecular weight is 426 g/mol. The standard InChI is InChI=1S/C21H31N3O4.ClH/c1-21(2,3)20(26)24-16-11-18(28-5)17(27-4)10-15(16)19(25)23-14-8-12-6-7-13(9-14)22-12;/h10-14,22H,6-9H2,1-5H3,(H,23,25)(H,24,26);1H. The maximum atomic E-state index is 13.1. The third-order valence-electron chi connectivity index (χ3n) is 5.51. The first-order chi connectivity index (χ1) is 13.2. The van der Waals surface area contributed by atoms with Crippen molar-refractivity contribution < 1.29 is 19.1 Å². The smallest absolute Gasteiger partial charge is 0.253 e. The number of fused-ring (bicyclic) bond motifs is 2. The SMILES string of the molecule is COc1cc(NC(=O)C(C)(C)C)c(C(=O)NC2CC3CCC(C2)N3)cc1OC.Cl. The molecule has 0 spiro atoms. The lowest BCUT2D eigenvalue weighted by molar-refractivity contribution is -0.123. The number of hydrogen-bond donors (Lipinski definition) is 3. The molecule has 7 nitrogen and oxygen atoms in total. The van der Waals surface area contributed by atoms with Gasteiger partial charge in [-0.25, -0.2) is 0 Å². The van der Waals surface area contributed by atoms with Gasteiger partial charge in [-0.2, -0.15) is 0 Å². The quantitative estimate of drug-likeness (QED) is 0.674. The minimum absolute atomic E-state index is 0. The van der Waals surface area contributed by atoms with Crippen LogP contribution in [0.1, 0.15) is 56.8 Å². The summed E-state index contributed by atoms with van der Waals surface area (Å²) in [6.07, 6.45) is 4.19. The second-order valence-corrected chi connectivity index (χ2v) is 8.74. The zero-order valence-electron chi connectivity index (χ0n) is 17.8. The maximum Gasteiger partial charge on any atom is 0.253 e. The molecule has 162 valence electrons. The van der Waals surface area contributed by atoms with Crippen molar-refractivity contribution in [1.29, 1.82) is 0 Å². The summed E-state index contributed by atoms with van der Waals surface area (Å²) in [5, 5.41) is 9.60. The molecule has 2 atom stereocenters. The molecule has 2 unspecified atom stereocenters. The van der Waals surface area contributed by atoms with Gasteiger partial charge in [-0.15, -0.1) is 12.4 Å². The lowest BCUT2D eigenvalue weighted by Gasteiger charge is -2.30. The number of carbonyl (C=O) groups excluding carboxylic acids is 2. The molecule has 0 saturated carbocycles. The number of benzene rings is 1. The normalized spacial score (nSPS) is 23.0. The Balaban J connectivity index is 0.00000300. The van der Waals surface area contributed by atoms with Crippen molar-refractivity contribution in [1.82, 2.24) is 10.6 Å².